The van der Waals surface area contributed by atoms with Crippen molar-refractivity contribution in [3.05, 3.63) is 34.2 Å². The molecular formula is C12H17N3O2. The Labute approximate surface area is 99.6 Å². The van der Waals surface area contributed by atoms with Crippen LogP contribution in [0.2, 0.25) is 0 Å². The van der Waals surface area contributed by atoms with Crippen LogP contribution in [0.3, 0.4) is 0 Å². The Morgan fingerprint density at radius 2 is 2.41 bits per heavy atom. The molecule has 2 atom stereocenters. The summed E-state index contributed by atoms with van der Waals surface area (Å²) in [5.74, 6) is 0.136. The maximum atomic E-state index is 12.1. The van der Waals surface area contributed by atoms with E-state index in [0.29, 0.717) is 19.0 Å². The minimum absolute atomic E-state index is 0.0851. The number of carbonyl (C=O) groups is 1. The molecule has 1 aromatic heterocycles. The van der Waals surface area contributed by atoms with Crippen LogP contribution in [-0.4, -0.2) is 34.9 Å². The lowest BCUT2D eigenvalue weighted by Gasteiger charge is -2.17. The van der Waals surface area contributed by atoms with Crippen molar-refractivity contribution < 1.29 is 4.79 Å². The lowest BCUT2D eigenvalue weighted by Crippen LogP contribution is -2.35. The van der Waals surface area contributed by atoms with Gasteiger partial charge >= 0.3 is 0 Å². The van der Waals surface area contributed by atoms with E-state index >= 15 is 0 Å². The van der Waals surface area contributed by atoms with E-state index in [2.05, 4.69) is 4.98 Å². The lowest BCUT2D eigenvalue weighted by atomic mass is 10.0. The number of carbonyl (C=O) groups excluding carboxylic acids is 1. The number of rotatable bonds is 2. The third-order valence-electron chi connectivity index (χ3n) is 3.30. The second-order valence-electron chi connectivity index (χ2n) is 4.57. The van der Waals surface area contributed by atoms with Gasteiger partial charge in [0.2, 0.25) is 0 Å². The number of pyridine rings is 1. The lowest BCUT2D eigenvalue weighted by molar-refractivity contribution is 0.0784. The molecule has 0 saturated carbocycles. The molecule has 92 valence electrons. The van der Waals surface area contributed by atoms with Gasteiger partial charge in [0.1, 0.15) is 5.56 Å². The molecule has 0 aromatic carbocycles. The van der Waals surface area contributed by atoms with Gasteiger partial charge in [-0.3, -0.25) is 9.59 Å². The highest BCUT2D eigenvalue weighted by molar-refractivity contribution is 5.93. The summed E-state index contributed by atoms with van der Waals surface area (Å²) in [4.78, 5) is 27.8. The van der Waals surface area contributed by atoms with Crippen LogP contribution in [0.4, 0.5) is 0 Å². The summed E-state index contributed by atoms with van der Waals surface area (Å²) < 4.78 is 0. The zero-order valence-corrected chi connectivity index (χ0v) is 9.85. The van der Waals surface area contributed by atoms with E-state index in [-0.39, 0.29) is 23.1 Å². The number of amides is 1. The van der Waals surface area contributed by atoms with Crippen molar-refractivity contribution in [1.29, 1.82) is 0 Å². The van der Waals surface area contributed by atoms with Crippen LogP contribution >= 0.6 is 0 Å². The summed E-state index contributed by atoms with van der Waals surface area (Å²) >= 11 is 0. The minimum atomic E-state index is -0.332. The molecule has 1 aliphatic heterocycles. The van der Waals surface area contributed by atoms with Crippen LogP contribution < -0.4 is 11.3 Å². The Hall–Kier alpha value is -1.62. The predicted molar refractivity (Wildman–Crippen MR) is 64.7 cm³/mol. The molecular weight excluding hydrogens is 218 g/mol. The monoisotopic (exact) mass is 235 g/mol. The molecule has 17 heavy (non-hydrogen) atoms. The van der Waals surface area contributed by atoms with Crippen molar-refractivity contribution in [1.82, 2.24) is 9.88 Å². The fourth-order valence-corrected chi connectivity index (χ4v) is 2.16. The summed E-state index contributed by atoms with van der Waals surface area (Å²) in [5, 5.41) is 0. The molecule has 0 spiro atoms. The Morgan fingerprint density at radius 3 is 3.00 bits per heavy atom. The molecule has 3 N–H and O–H groups in total. The van der Waals surface area contributed by atoms with E-state index < -0.39 is 0 Å². The number of hydrogen-bond donors (Lipinski definition) is 2. The molecule has 1 aromatic rings. The third-order valence-corrected chi connectivity index (χ3v) is 3.30. The zero-order valence-electron chi connectivity index (χ0n) is 9.85. The molecule has 1 saturated heterocycles. The van der Waals surface area contributed by atoms with Crippen LogP contribution in [0.15, 0.2) is 23.1 Å². The summed E-state index contributed by atoms with van der Waals surface area (Å²) in [7, 11) is 0. The molecule has 0 radical (unpaired) electrons. The van der Waals surface area contributed by atoms with Crippen LogP contribution in [0.5, 0.6) is 0 Å². The Bertz CT molecular complexity index is 467. The fraction of sp³-hybridized carbons (Fsp3) is 0.500. The number of nitrogens with zero attached hydrogens (tertiary/aromatic N) is 1. The number of aromatic nitrogens is 1. The summed E-state index contributed by atoms with van der Waals surface area (Å²) in [5.41, 5.74) is 5.70. The molecule has 2 rings (SSSR count). The molecule has 0 bridgehead atoms. The average molecular weight is 235 g/mol. The Balaban J connectivity index is 2.13. The molecule has 5 heteroatoms. The summed E-state index contributed by atoms with van der Waals surface area (Å²) in [6.45, 7) is 3.28. The van der Waals surface area contributed by atoms with Crippen molar-refractivity contribution in [2.45, 2.75) is 19.4 Å². The van der Waals surface area contributed by atoms with E-state index in [9.17, 15) is 9.59 Å². The van der Waals surface area contributed by atoms with Crippen LogP contribution in [-0.2, 0) is 0 Å². The standard InChI is InChI=1S/C12H17N3O2/c1-8(13)9-4-6-15(7-9)12(17)10-3-2-5-14-11(10)16/h2-3,5,8-9H,4,6-7,13H2,1H3,(H,14,16). The number of H-pyrrole nitrogens is 1. The molecule has 2 unspecified atom stereocenters. The molecule has 0 aliphatic carbocycles. The SMILES string of the molecule is CC(N)C1CCN(C(=O)c2ccc[nH]c2=O)C1. The van der Waals surface area contributed by atoms with Gasteiger partial charge in [-0.15, -0.1) is 0 Å². The predicted octanol–water partition coefficient (Wildman–Crippen LogP) is 0.184. The summed E-state index contributed by atoms with van der Waals surface area (Å²) in [6, 6.07) is 3.30. The van der Waals surface area contributed by atoms with E-state index in [1.54, 1.807) is 17.0 Å². The number of hydrogen-bond acceptors (Lipinski definition) is 3. The van der Waals surface area contributed by atoms with Gasteiger partial charge in [0.05, 0.1) is 0 Å². The topological polar surface area (TPSA) is 79.2 Å². The first-order valence-electron chi connectivity index (χ1n) is 5.82. The van der Waals surface area contributed by atoms with E-state index in [1.807, 2.05) is 6.92 Å². The van der Waals surface area contributed by atoms with Gasteiger partial charge in [0.25, 0.3) is 11.5 Å². The molecule has 1 amide bonds. The van der Waals surface area contributed by atoms with Crippen molar-refractivity contribution in [2.24, 2.45) is 11.7 Å². The van der Waals surface area contributed by atoms with Crippen molar-refractivity contribution in [2.75, 3.05) is 13.1 Å². The van der Waals surface area contributed by atoms with Crippen LogP contribution in [0, 0.1) is 5.92 Å². The molecule has 1 fully saturated rings. The van der Waals surface area contributed by atoms with Gasteiger partial charge in [-0.2, -0.15) is 0 Å². The highest BCUT2D eigenvalue weighted by atomic mass is 16.2. The third kappa shape index (κ3) is 2.39. The van der Waals surface area contributed by atoms with E-state index in [0.717, 1.165) is 6.42 Å². The normalized spacial score (nSPS) is 21.5. The van der Waals surface area contributed by atoms with Gasteiger partial charge in [-0.1, -0.05) is 0 Å². The average Bonchev–Trinajstić information content (AvgIpc) is 2.78. The number of likely N-dealkylation sites (tertiary alicyclic amines) is 1. The molecule has 5 nitrogen and oxygen atoms in total. The van der Waals surface area contributed by atoms with Gasteiger partial charge in [-0.25, -0.2) is 0 Å². The Morgan fingerprint density at radius 1 is 1.65 bits per heavy atom. The number of nitrogens with two attached hydrogens (primary N) is 1. The first-order valence-corrected chi connectivity index (χ1v) is 5.82. The second-order valence-corrected chi connectivity index (χ2v) is 4.57. The maximum Gasteiger partial charge on any atom is 0.260 e. The van der Waals surface area contributed by atoms with Crippen molar-refractivity contribution in [3.8, 4) is 0 Å². The second kappa shape index (κ2) is 4.71. The fourth-order valence-electron chi connectivity index (χ4n) is 2.16. The molecule has 1 aliphatic rings. The number of nitrogens with one attached hydrogen (secondary N) is 1. The van der Waals surface area contributed by atoms with Crippen LogP contribution in [0.25, 0.3) is 0 Å². The first-order chi connectivity index (χ1) is 8.09. The number of aromatic amines is 1. The van der Waals surface area contributed by atoms with E-state index in [1.165, 1.54) is 6.20 Å². The highest BCUT2D eigenvalue weighted by Crippen LogP contribution is 2.19. The minimum Gasteiger partial charge on any atom is -0.338 e. The molecule has 2 heterocycles. The quantitative estimate of drug-likeness (QED) is 0.767. The van der Waals surface area contributed by atoms with Crippen molar-refractivity contribution in [3.63, 3.8) is 0 Å². The largest absolute Gasteiger partial charge is 0.338 e. The highest BCUT2D eigenvalue weighted by Gasteiger charge is 2.29. The first kappa shape index (κ1) is 11.9. The van der Waals surface area contributed by atoms with Gasteiger partial charge in [-0.05, 0) is 31.4 Å². The smallest absolute Gasteiger partial charge is 0.260 e. The van der Waals surface area contributed by atoms with Gasteiger partial charge in [0.15, 0.2) is 0 Å². The zero-order chi connectivity index (χ0) is 12.4. The van der Waals surface area contributed by atoms with Gasteiger partial charge < -0.3 is 15.6 Å². The Kier molecular flexibility index (Phi) is 3.28. The van der Waals surface area contributed by atoms with Crippen LogP contribution in [0.1, 0.15) is 23.7 Å². The van der Waals surface area contributed by atoms with Gasteiger partial charge in [0, 0.05) is 25.3 Å². The maximum absolute atomic E-state index is 12.1. The summed E-state index contributed by atoms with van der Waals surface area (Å²) in [6.07, 6.45) is 2.43. The van der Waals surface area contributed by atoms with Crippen molar-refractivity contribution >= 4 is 5.91 Å². The van der Waals surface area contributed by atoms with E-state index in [4.69, 9.17) is 5.73 Å².